The fourth-order valence-corrected chi connectivity index (χ4v) is 2.62. The van der Waals surface area contributed by atoms with Gasteiger partial charge in [0.1, 0.15) is 5.84 Å². The third-order valence-corrected chi connectivity index (χ3v) is 3.72. The maximum Gasteiger partial charge on any atom is 0.128 e. The van der Waals surface area contributed by atoms with E-state index in [1.165, 1.54) is 12.0 Å². The van der Waals surface area contributed by atoms with E-state index < -0.39 is 0 Å². The van der Waals surface area contributed by atoms with Gasteiger partial charge < -0.3 is 4.90 Å². The highest BCUT2D eigenvalue weighted by atomic mass is 15.2. The van der Waals surface area contributed by atoms with Crippen molar-refractivity contribution in [3.05, 3.63) is 66.3 Å². The van der Waals surface area contributed by atoms with Gasteiger partial charge in [0.15, 0.2) is 0 Å². The Morgan fingerprint density at radius 2 is 2.00 bits per heavy atom. The Morgan fingerprint density at radius 3 is 2.62 bits per heavy atom. The lowest BCUT2D eigenvalue weighted by Crippen LogP contribution is -2.38. The molecule has 0 aliphatic heterocycles. The van der Waals surface area contributed by atoms with E-state index >= 15 is 0 Å². The van der Waals surface area contributed by atoms with Crippen LogP contribution in [0.2, 0.25) is 0 Å². The summed E-state index contributed by atoms with van der Waals surface area (Å²) in [6.45, 7) is 4.15. The largest absolute Gasteiger partial charge is 0.320 e. The zero-order valence-electron chi connectivity index (χ0n) is 12.9. The molecule has 2 heteroatoms. The highest BCUT2D eigenvalue weighted by molar-refractivity contribution is 6.08. The zero-order chi connectivity index (χ0) is 15.1. The number of rotatable bonds is 5. The van der Waals surface area contributed by atoms with Crippen LogP contribution >= 0.6 is 0 Å². The van der Waals surface area contributed by atoms with E-state index in [1.54, 1.807) is 0 Å². The summed E-state index contributed by atoms with van der Waals surface area (Å²) in [6.07, 6.45) is 13.7. The third kappa shape index (κ3) is 3.94. The van der Waals surface area contributed by atoms with Crippen molar-refractivity contribution in [3.63, 3.8) is 0 Å². The second-order valence-corrected chi connectivity index (χ2v) is 5.33. The Bertz CT molecular complexity index is 552. The predicted molar refractivity (Wildman–Crippen MR) is 92.0 cm³/mol. The number of amidine groups is 1. The SMILES string of the molecule is C/C=C\C=C/[C@H](C)N(C(=N)C1=CCCC1)c1ccccc1. The highest BCUT2D eigenvalue weighted by Gasteiger charge is 2.21. The standard InChI is InChI=1S/C19H24N2/c1-3-4-6-11-16(2)21(18-14-7-5-8-15-18)19(20)17-12-9-10-13-17/h3-8,11-12,14-16,20H,9-10,13H2,1-2H3/b4-3-,11-6-,20-19?/t16-/m0/s1. The van der Waals surface area contributed by atoms with Crippen LogP contribution in [0.5, 0.6) is 0 Å². The average Bonchev–Trinajstić information content (AvgIpc) is 3.03. The molecule has 2 nitrogen and oxygen atoms in total. The number of hydrogen-bond donors (Lipinski definition) is 1. The van der Waals surface area contributed by atoms with Gasteiger partial charge in [-0.3, -0.25) is 5.41 Å². The van der Waals surface area contributed by atoms with Crippen molar-refractivity contribution in [3.8, 4) is 0 Å². The first-order valence-corrected chi connectivity index (χ1v) is 7.65. The quantitative estimate of drug-likeness (QED) is 0.453. The second-order valence-electron chi connectivity index (χ2n) is 5.33. The first kappa shape index (κ1) is 15.3. The van der Waals surface area contributed by atoms with Crippen LogP contribution in [0.4, 0.5) is 5.69 Å². The summed E-state index contributed by atoms with van der Waals surface area (Å²) >= 11 is 0. The van der Waals surface area contributed by atoms with Crippen molar-refractivity contribution in [2.45, 2.75) is 39.2 Å². The summed E-state index contributed by atoms with van der Waals surface area (Å²) in [4.78, 5) is 2.11. The molecule has 2 rings (SSSR count). The normalized spacial score (nSPS) is 16.4. The molecule has 0 spiro atoms. The lowest BCUT2D eigenvalue weighted by molar-refractivity contribution is 0.868. The summed E-state index contributed by atoms with van der Waals surface area (Å²) in [5.74, 6) is 0.635. The van der Waals surface area contributed by atoms with Crippen LogP contribution in [-0.2, 0) is 0 Å². The van der Waals surface area contributed by atoms with Gasteiger partial charge in [0.25, 0.3) is 0 Å². The Kier molecular flexibility index (Phi) is 5.56. The first-order valence-electron chi connectivity index (χ1n) is 7.65. The van der Waals surface area contributed by atoms with E-state index in [0.717, 1.165) is 18.5 Å². The number of allylic oxidation sites excluding steroid dienone is 4. The molecule has 0 saturated heterocycles. The molecule has 1 atom stereocenters. The minimum atomic E-state index is 0.151. The molecule has 0 bridgehead atoms. The summed E-state index contributed by atoms with van der Waals surface area (Å²) in [5, 5.41) is 8.60. The van der Waals surface area contributed by atoms with E-state index in [2.05, 4.69) is 42.2 Å². The molecule has 0 aromatic heterocycles. The molecular weight excluding hydrogens is 256 g/mol. The zero-order valence-corrected chi connectivity index (χ0v) is 12.9. The third-order valence-electron chi connectivity index (χ3n) is 3.72. The van der Waals surface area contributed by atoms with E-state index in [0.29, 0.717) is 5.84 Å². The first-order chi connectivity index (χ1) is 10.2. The maximum atomic E-state index is 8.60. The Hall–Kier alpha value is -2.09. The molecule has 1 aromatic rings. The van der Waals surface area contributed by atoms with Crippen LogP contribution in [0.15, 0.2) is 66.3 Å². The molecule has 1 N–H and O–H groups in total. The van der Waals surface area contributed by atoms with Crippen molar-refractivity contribution in [1.82, 2.24) is 0 Å². The van der Waals surface area contributed by atoms with E-state index in [9.17, 15) is 0 Å². The molecule has 1 aliphatic carbocycles. The van der Waals surface area contributed by atoms with Crippen molar-refractivity contribution in [1.29, 1.82) is 5.41 Å². The molecule has 110 valence electrons. The van der Waals surface area contributed by atoms with E-state index in [1.807, 2.05) is 37.3 Å². The van der Waals surface area contributed by atoms with Gasteiger partial charge in [-0.25, -0.2) is 0 Å². The van der Waals surface area contributed by atoms with E-state index in [4.69, 9.17) is 5.41 Å². The number of anilines is 1. The van der Waals surface area contributed by atoms with Gasteiger partial charge in [-0.05, 0) is 50.8 Å². The van der Waals surface area contributed by atoms with Gasteiger partial charge in [-0.2, -0.15) is 0 Å². The minimum Gasteiger partial charge on any atom is -0.320 e. The monoisotopic (exact) mass is 280 g/mol. The smallest absolute Gasteiger partial charge is 0.128 e. The van der Waals surface area contributed by atoms with Gasteiger partial charge in [0, 0.05) is 5.69 Å². The molecule has 21 heavy (non-hydrogen) atoms. The van der Waals surface area contributed by atoms with Gasteiger partial charge in [-0.1, -0.05) is 48.6 Å². The molecule has 1 aromatic carbocycles. The average molecular weight is 280 g/mol. The number of para-hydroxylation sites is 1. The molecule has 0 saturated carbocycles. The van der Waals surface area contributed by atoms with Crippen LogP contribution in [0.1, 0.15) is 33.1 Å². The van der Waals surface area contributed by atoms with Gasteiger partial charge in [-0.15, -0.1) is 0 Å². The van der Waals surface area contributed by atoms with Crippen LogP contribution in [0.25, 0.3) is 0 Å². The predicted octanol–water partition coefficient (Wildman–Crippen LogP) is 5.10. The number of nitrogens with zero attached hydrogens (tertiary/aromatic N) is 1. The van der Waals surface area contributed by atoms with Crippen LogP contribution < -0.4 is 4.90 Å². The highest BCUT2D eigenvalue weighted by Crippen LogP contribution is 2.25. The number of nitrogens with one attached hydrogen (secondary N) is 1. The number of benzene rings is 1. The minimum absolute atomic E-state index is 0.151. The lowest BCUT2D eigenvalue weighted by atomic mass is 10.1. The Labute approximate surface area is 128 Å². The molecule has 0 heterocycles. The van der Waals surface area contributed by atoms with Crippen molar-refractivity contribution in [2.24, 2.45) is 0 Å². The molecule has 0 amide bonds. The van der Waals surface area contributed by atoms with Crippen LogP contribution in [-0.4, -0.2) is 11.9 Å². The second kappa shape index (κ2) is 7.63. The maximum absolute atomic E-state index is 8.60. The summed E-state index contributed by atoms with van der Waals surface area (Å²) < 4.78 is 0. The van der Waals surface area contributed by atoms with Crippen molar-refractivity contribution >= 4 is 11.5 Å². The molecule has 0 radical (unpaired) electrons. The Balaban J connectivity index is 2.28. The van der Waals surface area contributed by atoms with E-state index in [-0.39, 0.29) is 6.04 Å². The van der Waals surface area contributed by atoms with Gasteiger partial charge in [0.05, 0.1) is 6.04 Å². The number of hydrogen-bond acceptors (Lipinski definition) is 1. The van der Waals surface area contributed by atoms with Crippen LogP contribution in [0, 0.1) is 5.41 Å². The van der Waals surface area contributed by atoms with Crippen molar-refractivity contribution < 1.29 is 0 Å². The fourth-order valence-electron chi connectivity index (χ4n) is 2.62. The Morgan fingerprint density at radius 1 is 1.24 bits per heavy atom. The lowest BCUT2D eigenvalue weighted by Gasteiger charge is -2.30. The molecular formula is C19H24N2. The molecule has 0 fully saturated rings. The topological polar surface area (TPSA) is 27.1 Å². The van der Waals surface area contributed by atoms with Crippen LogP contribution in [0.3, 0.4) is 0 Å². The fraction of sp³-hybridized carbons (Fsp3) is 0.316. The summed E-state index contributed by atoms with van der Waals surface area (Å²) in [6, 6.07) is 10.4. The summed E-state index contributed by atoms with van der Waals surface area (Å²) in [5.41, 5.74) is 2.25. The molecule has 0 unspecified atom stereocenters. The summed E-state index contributed by atoms with van der Waals surface area (Å²) in [7, 11) is 0. The molecule has 1 aliphatic rings. The van der Waals surface area contributed by atoms with Gasteiger partial charge >= 0.3 is 0 Å². The van der Waals surface area contributed by atoms with Gasteiger partial charge in [0.2, 0.25) is 0 Å². The van der Waals surface area contributed by atoms with Crippen molar-refractivity contribution in [2.75, 3.05) is 4.90 Å².